The standard InChI is InChI=1S/C22H34N6O14/c23-2-1-7(16(37)8(24)3-12(29)30)21(17(38)9(25)4-13(31)32,18(39)10(26)5-14(33)34)22(28,20(41)42)19(40)11(27)6-15(35)36/h7-11H,1-6,23-28H2,(H,29,30)(H,31,32)(H,33,34)(H,35,36)(H,41,42). The van der Waals surface area contributed by atoms with Crippen LogP contribution in [0.3, 0.4) is 0 Å². The van der Waals surface area contributed by atoms with Gasteiger partial charge in [-0.05, 0) is 13.0 Å². The number of carbonyl (C=O) groups excluding carboxylic acids is 4. The van der Waals surface area contributed by atoms with E-state index in [2.05, 4.69) is 0 Å². The Hall–Kier alpha value is -4.21. The van der Waals surface area contributed by atoms with Crippen molar-refractivity contribution in [2.45, 2.75) is 61.8 Å². The first-order chi connectivity index (χ1) is 19.1. The molecule has 0 radical (unpaired) electrons. The minimum Gasteiger partial charge on any atom is -0.481 e. The fraction of sp³-hybridized carbons (Fsp3) is 0.591. The molecule has 0 aromatic rings. The fourth-order valence-corrected chi connectivity index (χ4v) is 4.60. The highest BCUT2D eigenvalue weighted by molar-refractivity contribution is 6.27. The molecule has 0 amide bonds. The van der Waals surface area contributed by atoms with E-state index >= 15 is 0 Å². The van der Waals surface area contributed by atoms with Gasteiger partial charge in [0.05, 0.1) is 49.9 Å². The molecule has 0 aliphatic carbocycles. The van der Waals surface area contributed by atoms with Crippen LogP contribution in [-0.2, 0) is 43.2 Å². The summed E-state index contributed by atoms with van der Waals surface area (Å²) in [4.78, 5) is 114. The lowest BCUT2D eigenvalue weighted by atomic mass is 9.51. The van der Waals surface area contributed by atoms with Gasteiger partial charge in [-0.25, -0.2) is 4.79 Å². The summed E-state index contributed by atoms with van der Waals surface area (Å²) in [7, 11) is 0. The molecule has 20 nitrogen and oxygen atoms in total. The molecule has 0 aliphatic rings. The van der Waals surface area contributed by atoms with E-state index in [0.717, 1.165) is 0 Å². The molecule has 236 valence electrons. The summed E-state index contributed by atoms with van der Waals surface area (Å²) in [5, 5.41) is 47.0. The quantitative estimate of drug-likeness (QED) is 0.0541. The van der Waals surface area contributed by atoms with E-state index in [-0.39, 0.29) is 0 Å². The maximum Gasteiger partial charge on any atom is 0.333 e. The van der Waals surface area contributed by atoms with E-state index < -0.39 is 133 Å². The van der Waals surface area contributed by atoms with Crippen molar-refractivity contribution >= 4 is 53.0 Å². The Morgan fingerprint density at radius 1 is 0.548 bits per heavy atom. The zero-order valence-corrected chi connectivity index (χ0v) is 22.0. The van der Waals surface area contributed by atoms with Crippen LogP contribution in [0.4, 0.5) is 0 Å². The molecule has 0 spiro atoms. The monoisotopic (exact) mass is 606 g/mol. The molecule has 0 bridgehead atoms. The lowest BCUT2D eigenvalue weighted by Crippen LogP contribution is -2.80. The first kappa shape index (κ1) is 37.8. The fourth-order valence-electron chi connectivity index (χ4n) is 4.60. The number of rotatable bonds is 21. The van der Waals surface area contributed by atoms with E-state index in [4.69, 9.17) is 44.6 Å². The van der Waals surface area contributed by atoms with Gasteiger partial charge in [0.1, 0.15) is 5.41 Å². The first-order valence-electron chi connectivity index (χ1n) is 11.9. The molecule has 0 aliphatic heterocycles. The molecule has 0 aromatic heterocycles. The zero-order valence-electron chi connectivity index (χ0n) is 22.0. The number of aliphatic carboxylic acids is 5. The zero-order chi connectivity index (χ0) is 33.3. The topological polar surface area (TPSA) is 411 Å². The molecule has 0 saturated carbocycles. The molecule has 0 rings (SSSR count). The van der Waals surface area contributed by atoms with Crippen LogP contribution in [0.2, 0.25) is 0 Å². The molecule has 6 atom stereocenters. The van der Waals surface area contributed by atoms with Crippen LogP contribution in [0, 0.1) is 11.3 Å². The summed E-state index contributed by atoms with van der Waals surface area (Å²) in [6, 6.07) is -9.45. The number of hydrogen-bond acceptors (Lipinski definition) is 15. The van der Waals surface area contributed by atoms with Crippen LogP contribution in [0.25, 0.3) is 0 Å². The Morgan fingerprint density at radius 3 is 1.14 bits per heavy atom. The minimum atomic E-state index is -4.10. The smallest absolute Gasteiger partial charge is 0.333 e. The Kier molecular flexibility index (Phi) is 13.6. The highest BCUT2D eigenvalue weighted by atomic mass is 16.4. The molecule has 20 heteroatoms. The predicted octanol–water partition coefficient (Wildman–Crippen LogP) is -5.80. The van der Waals surface area contributed by atoms with Crippen LogP contribution in [-0.4, -0.2) is 115 Å². The number of carboxylic acid groups (broad SMARTS) is 5. The largest absolute Gasteiger partial charge is 0.481 e. The van der Waals surface area contributed by atoms with E-state index in [0.29, 0.717) is 0 Å². The first-order valence-corrected chi connectivity index (χ1v) is 11.9. The summed E-state index contributed by atoms with van der Waals surface area (Å²) in [5.74, 6) is -20.0. The van der Waals surface area contributed by atoms with Crippen molar-refractivity contribution in [2.75, 3.05) is 6.54 Å². The Labute approximate surface area is 236 Å². The van der Waals surface area contributed by atoms with Crippen molar-refractivity contribution < 1.29 is 68.7 Å². The van der Waals surface area contributed by atoms with Crippen LogP contribution in [0.15, 0.2) is 0 Å². The minimum absolute atomic E-state index is 0.730. The van der Waals surface area contributed by atoms with Gasteiger partial charge in [0.15, 0.2) is 28.7 Å². The molecule has 0 saturated heterocycles. The molecular formula is C22H34N6O14. The summed E-state index contributed by atoms with van der Waals surface area (Å²) in [5.41, 5.74) is 26.2. The van der Waals surface area contributed by atoms with Gasteiger partial charge in [-0.15, -0.1) is 0 Å². The summed E-state index contributed by atoms with van der Waals surface area (Å²) < 4.78 is 0. The van der Waals surface area contributed by atoms with Crippen molar-refractivity contribution in [3.05, 3.63) is 0 Å². The van der Waals surface area contributed by atoms with Crippen LogP contribution in [0.1, 0.15) is 32.1 Å². The molecule has 17 N–H and O–H groups in total. The van der Waals surface area contributed by atoms with Gasteiger partial charge in [-0.2, -0.15) is 0 Å². The van der Waals surface area contributed by atoms with Crippen molar-refractivity contribution in [1.29, 1.82) is 0 Å². The normalized spacial score (nSPS) is 17.7. The predicted molar refractivity (Wildman–Crippen MR) is 135 cm³/mol. The Morgan fingerprint density at radius 2 is 0.857 bits per heavy atom. The van der Waals surface area contributed by atoms with Gasteiger partial charge in [0.2, 0.25) is 0 Å². The van der Waals surface area contributed by atoms with E-state index in [1.165, 1.54) is 0 Å². The lowest BCUT2D eigenvalue weighted by molar-refractivity contribution is -0.173. The van der Waals surface area contributed by atoms with E-state index in [1.807, 2.05) is 0 Å². The number of Topliss-reactive ketones (excluding diaryl/α,β-unsaturated/α-hetero) is 4. The van der Waals surface area contributed by atoms with Crippen LogP contribution < -0.4 is 34.4 Å². The van der Waals surface area contributed by atoms with Gasteiger partial charge in [0, 0.05) is 5.92 Å². The average molecular weight is 607 g/mol. The van der Waals surface area contributed by atoms with Crippen LogP contribution in [0.5, 0.6) is 0 Å². The third kappa shape index (κ3) is 7.96. The Balaban J connectivity index is 8.37. The number of hydrogen-bond donors (Lipinski definition) is 11. The molecule has 0 aromatic carbocycles. The number of nitrogens with two attached hydrogens (primary N) is 6. The summed E-state index contributed by atoms with van der Waals surface area (Å²) in [6.45, 7) is -0.730. The maximum absolute atomic E-state index is 14.1. The highest BCUT2D eigenvalue weighted by Crippen LogP contribution is 2.46. The number of carboxylic acids is 5. The van der Waals surface area contributed by atoms with Crippen molar-refractivity contribution in [3.63, 3.8) is 0 Å². The Bertz CT molecular complexity index is 1110. The molecule has 42 heavy (non-hydrogen) atoms. The van der Waals surface area contributed by atoms with Crippen LogP contribution >= 0.6 is 0 Å². The number of carbonyl (C=O) groups is 9. The summed E-state index contributed by atoms with van der Waals surface area (Å²) >= 11 is 0. The van der Waals surface area contributed by atoms with Crippen molar-refractivity contribution in [2.24, 2.45) is 45.7 Å². The third-order valence-corrected chi connectivity index (χ3v) is 6.40. The van der Waals surface area contributed by atoms with Gasteiger partial charge in [-0.1, -0.05) is 0 Å². The molecule has 0 heterocycles. The third-order valence-electron chi connectivity index (χ3n) is 6.40. The second-order valence-electron chi connectivity index (χ2n) is 9.36. The van der Waals surface area contributed by atoms with Gasteiger partial charge in [0.25, 0.3) is 0 Å². The lowest BCUT2D eigenvalue weighted by Gasteiger charge is -2.49. The molecule has 6 unspecified atom stereocenters. The second kappa shape index (κ2) is 15.1. The maximum atomic E-state index is 14.1. The SMILES string of the molecule is NCCC(C(=O)C(N)CC(=O)O)C(C(=O)C(N)CC(=O)O)(C(=O)C(N)CC(=O)O)C(N)(C(=O)O)C(=O)C(N)CC(=O)O. The van der Waals surface area contributed by atoms with Crippen molar-refractivity contribution in [3.8, 4) is 0 Å². The second-order valence-corrected chi connectivity index (χ2v) is 9.36. The van der Waals surface area contributed by atoms with Crippen molar-refractivity contribution in [1.82, 2.24) is 0 Å². The highest BCUT2D eigenvalue weighted by Gasteiger charge is 2.73. The number of ketones is 4. The molecule has 0 fully saturated rings. The summed E-state index contributed by atoms with van der Waals surface area (Å²) in [6.07, 6.45) is -6.27. The van der Waals surface area contributed by atoms with E-state index in [1.54, 1.807) is 0 Å². The van der Waals surface area contributed by atoms with Gasteiger partial charge in [-0.3, -0.25) is 38.4 Å². The van der Waals surface area contributed by atoms with E-state index in [9.17, 15) is 58.5 Å². The molecular weight excluding hydrogens is 572 g/mol. The average Bonchev–Trinajstić information content (AvgIpc) is 2.85. The van der Waals surface area contributed by atoms with Gasteiger partial charge < -0.3 is 59.9 Å². The van der Waals surface area contributed by atoms with Gasteiger partial charge >= 0.3 is 29.8 Å².